The van der Waals surface area contributed by atoms with Gasteiger partial charge in [-0.05, 0) is 30.9 Å². The lowest BCUT2D eigenvalue weighted by Gasteiger charge is -1.97. The highest BCUT2D eigenvalue weighted by Crippen LogP contribution is 2.03. The van der Waals surface area contributed by atoms with E-state index in [4.69, 9.17) is 0 Å². The summed E-state index contributed by atoms with van der Waals surface area (Å²) in [5.74, 6) is 0. The van der Waals surface area contributed by atoms with E-state index in [0.717, 1.165) is 19.3 Å². The Morgan fingerprint density at radius 1 is 1.42 bits per heavy atom. The van der Waals surface area contributed by atoms with Gasteiger partial charge in [-0.25, -0.2) is 0 Å². The number of pyridine rings is 1. The topological polar surface area (TPSA) is 30.0 Å². The van der Waals surface area contributed by atoms with Crippen molar-refractivity contribution in [3.63, 3.8) is 0 Å². The summed E-state index contributed by atoms with van der Waals surface area (Å²) in [6.07, 6.45) is 9.06. The minimum atomic E-state index is 0.556. The SMILES string of the molecule is O=[C]CCCCc1cccnc1. The number of aryl methyl sites for hydroxylation is 1. The average molecular weight is 162 g/mol. The number of hydrogen-bond acceptors (Lipinski definition) is 2. The number of rotatable bonds is 5. The second-order valence-corrected chi connectivity index (χ2v) is 2.71. The second kappa shape index (κ2) is 5.47. The van der Waals surface area contributed by atoms with Gasteiger partial charge in [0.05, 0.1) is 0 Å². The monoisotopic (exact) mass is 162 g/mol. The standard InChI is InChI=1S/C10H12NO/c12-8-3-1-2-5-10-6-4-7-11-9-10/h4,6-7,9H,1-3,5H2. The summed E-state index contributed by atoms with van der Waals surface area (Å²) in [7, 11) is 0. The Labute approximate surface area is 72.6 Å². The van der Waals surface area contributed by atoms with Crippen molar-refractivity contribution in [3.05, 3.63) is 30.1 Å². The van der Waals surface area contributed by atoms with Gasteiger partial charge in [0.1, 0.15) is 0 Å². The van der Waals surface area contributed by atoms with Crippen molar-refractivity contribution in [3.8, 4) is 0 Å². The highest BCUT2D eigenvalue weighted by molar-refractivity contribution is 5.50. The van der Waals surface area contributed by atoms with E-state index in [1.165, 1.54) is 5.56 Å². The van der Waals surface area contributed by atoms with Crippen LogP contribution in [0.1, 0.15) is 24.8 Å². The smallest absolute Gasteiger partial charge is 0.198 e. The predicted molar refractivity (Wildman–Crippen MR) is 47.5 cm³/mol. The molecule has 1 radical (unpaired) electrons. The Bertz CT molecular complexity index is 221. The number of nitrogens with zero attached hydrogens (tertiary/aromatic N) is 1. The van der Waals surface area contributed by atoms with Gasteiger partial charge in [0.15, 0.2) is 6.29 Å². The maximum absolute atomic E-state index is 9.88. The van der Waals surface area contributed by atoms with Crippen LogP contribution in [0.15, 0.2) is 24.5 Å². The van der Waals surface area contributed by atoms with E-state index < -0.39 is 0 Å². The first-order valence-electron chi connectivity index (χ1n) is 4.17. The van der Waals surface area contributed by atoms with E-state index in [-0.39, 0.29) is 0 Å². The van der Waals surface area contributed by atoms with Gasteiger partial charge >= 0.3 is 0 Å². The van der Waals surface area contributed by atoms with E-state index in [2.05, 4.69) is 11.1 Å². The second-order valence-electron chi connectivity index (χ2n) is 2.71. The molecule has 63 valence electrons. The zero-order chi connectivity index (χ0) is 8.65. The lowest BCUT2D eigenvalue weighted by atomic mass is 10.1. The predicted octanol–water partition coefficient (Wildman–Crippen LogP) is 1.90. The van der Waals surface area contributed by atoms with E-state index in [1.807, 2.05) is 18.5 Å². The Kier molecular flexibility index (Phi) is 4.06. The zero-order valence-electron chi connectivity index (χ0n) is 6.99. The molecular weight excluding hydrogens is 150 g/mol. The molecule has 0 fully saturated rings. The fourth-order valence-corrected chi connectivity index (χ4v) is 1.07. The molecule has 2 heteroatoms. The van der Waals surface area contributed by atoms with Gasteiger partial charge in [0, 0.05) is 18.8 Å². The van der Waals surface area contributed by atoms with Gasteiger partial charge in [-0.2, -0.15) is 0 Å². The van der Waals surface area contributed by atoms with Gasteiger partial charge in [-0.15, -0.1) is 0 Å². The molecule has 0 aliphatic heterocycles. The van der Waals surface area contributed by atoms with Crippen LogP contribution in [0.3, 0.4) is 0 Å². The summed E-state index contributed by atoms with van der Waals surface area (Å²) in [5, 5.41) is 0. The number of aromatic nitrogens is 1. The van der Waals surface area contributed by atoms with Crippen molar-refractivity contribution in [1.82, 2.24) is 4.98 Å². The fourth-order valence-electron chi connectivity index (χ4n) is 1.07. The van der Waals surface area contributed by atoms with Crippen LogP contribution in [-0.4, -0.2) is 11.3 Å². The van der Waals surface area contributed by atoms with Crippen molar-refractivity contribution in [2.24, 2.45) is 0 Å². The summed E-state index contributed by atoms with van der Waals surface area (Å²) in [5.41, 5.74) is 1.24. The van der Waals surface area contributed by atoms with Gasteiger partial charge < -0.3 is 0 Å². The molecule has 0 bridgehead atoms. The van der Waals surface area contributed by atoms with E-state index in [0.29, 0.717) is 6.42 Å². The Hall–Kier alpha value is -1.18. The summed E-state index contributed by atoms with van der Waals surface area (Å²) in [4.78, 5) is 13.9. The summed E-state index contributed by atoms with van der Waals surface area (Å²) >= 11 is 0. The molecule has 0 aliphatic rings. The first-order valence-corrected chi connectivity index (χ1v) is 4.17. The van der Waals surface area contributed by atoms with Crippen molar-refractivity contribution >= 4 is 6.29 Å². The molecule has 0 amide bonds. The van der Waals surface area contributed by atoms with Gasteiger partial charge in [-0.1, -0.05) is 6.07 Å². The van der Waals surface area contributed by atoms with Gasteiger partial charge in [0.2, 0.25) is 0 Å². The van der Waals surface area contributed by atoms with Crippen molar-refractivity contribution < 1.29 is 4.79 Å². The van der Waals surface area contributed by atoms with Crippen molar-refractivity contribution in [2.45, 2.75) is 25.7 Å². The maximum atomic E-state index is 9.88. The summed E-state index contributed by atoms with van der Waals surface area (Å²) in [6.45, 7) is 0. The number of hydrogen-bond donors (Lipinski definition) is 0. The third-order valence-corrected chi connectivity index (χ3v) is 1.72. The molecule has 1 heterocycles. The summed E-state index contributed by atoms with van der Waals surface area (Å²) < 4.78 is 0. The van der Waals surface area contributed by atoms with Gasteiger partial charge in [0.25, 0.3) is 0 Å². The van der Waals surface area contributed by atoms with Crippen LogP contribution in [0, 0.1) is 0 Å². The molecule has 12 heavy (non-hydrogen) atoms. The normalized spacial score (nSPS) is 9.67. The first-order chi connectivity index (χ1) is 5.93. The van der Waals surface area contributed by atoms with Crippen LogP contribution in [0.25, 0.3) is 0 Å². The van der Waals surface area contributed by atoms with E-state index >= 15 is 0 Å². The molecule has 0 atom stereocenters. The lowest BCUT2D eigenvalue weighted by Crippen LogP contribution is -1.86. The molecule has 1 rings (SSSR count). The maximum Gasteiger partial charge on any atom is 0.198 e. The van der Waals surface area contributed by atoms with Gasteiger partial charge in [-0.3, -0.25) is 9.78 Å². The quantitative estimate of drug-likeness (QED) is 0.619. The summed E-state index contributed by atoms with van der Waals surface area (Å²) in [6, 6.07) is 3.98. The molecule has 1 aromatic rings. The average Bonchev–Trinajstić information content (AvgIpc) is 2.14. The first kappa shape index (κ1) is 8.91. The molecule has 0 aromatic carbocycles. The largest absolute Gasteiger partial charge is 0.291 e. The zero-order valence-corrected chi connectivity index (χ0v) is 6.99. The molecule has 0 saturated heterocycles. The highest BCUT2D eigenvalue weighted by atomic mass is 16.1. The molecule has 0 N–H and O–H groups in total. The van der Waals surface area contributed by atoms with Crippen molar-refractivity contribution in [2.75, 3.05) is 0 Å². The molecule has 1 aromatic heterocycles. The third kappa shape index (κ3) is 3.28. The molecule has 0 aliphatic carbocycles. The molecule has 0 saturated carbocycles. The number of unbranched alkanes of at least 4 members (excludes halogenated alkanes) is 2. The van der Waals surface area contributed by atoms with E-state index in [9.17, 15) is 4.79 Å². The minimum absolute atomic E-state index is 0.556. The van der Waals surface area contributed by atoms with Crippen LogP contribution in [0.4, 0.5) is 0 Å². The van der Waals surface area contributed by atoms with Crippen LogP contribution < -0.4 is 0 Å². The lowest BCUT2D eigenvalue weighted by molar-refractivity contribution is 0.546. The van der Waals surface area contributed by atoms with Crippen LogP contribution in [0.5, 0.6) is 0 Å². The van der Waals surface area contributed by atoms with Crippen LogP contribution >= 0.6 is 0 Å². The Balaban J connectivity index is 2.20. The minimum Gasteiger partial charge on any atom is -0.291 e. The number of carbonyl (C=O) groups excluding carboxylic acids is 1. The molecular formula is C10H12NO. The molecule has 0 unspecified atom stereocenters. The van der Waals surface area contributed by atoms with E-state index in [1.54, 1.807) is 6.20 Å². The third-order valence-electron chi connectivity index (χ3n) is 1.72. The van der Waals surface area contributed by atoms with Crippen LogP contribution in [0.2, 0.25) is 0 Å². The van der Waals surface area contributed by atoms with Crippen LogP contribution in [-0.2, 0) is 11.2 Å². The molecule has 2 nitrogen and oxygen atoms in total. The Morgan fingerprint density at radius 2 is 2.33 bits per heavy atom. The van der Waals surface area contributed by atoms with Crippen molar-refractivity contribution in [1.29, 1.82) is 0 Å². The molecule has 0 spiro atoms. The fraction of sp³-hybridized carbons (Fsp3) is 0.400. The Morgan fingerprint density at radius 3 is 3.00 bits per heavy atom. The highest BCUT2D eigenvalue weighted by Gasteiger charge is 1.91.